The minimum Gasteiger partial charge on any atom is -0.461 e. The number of carbonyl (C=O) groups excluding carboxylic acids is 4. The van der Waals surface area contributed by atoms with Gasteiger partial charge in [0, 0.05) is 10.8 Å². The predicted molar refractivity (Wildman–Crippen MR) is 177 cm³/mol. The lowest BCUT2D eigenvalue weighted by Gasteiger charge is -2.50. The van der Waals surface area contributed by atoms with Crippen LogP contribution in [0.15, 0.2) is 12.1 Å². The molecule has 0 aromatic heterocycles. The van der Waals surface area contributed by atoms with Gasteiger partial charge in [-0.05, 0) is 48.6 Å². The molecular formula is C32H32Cl6O8. The Morgan fingerprint density at radius 1 is 0.630 bits per heavy atom. The summed E-state index contributed by atoms with van der Waals surface area (Å²) in [5.74, 6) is -4.91. The number of esters is 4. The minimum atomic E-state index is -1.64. The van der Waals surface area contributed by atoms with Gasteiger partial charge in [-0.25, -0.2) is 19.2 Å². The fraction of sp³-hybridized carbons (Fsp3) is 0.500. The van der Waals surface area contributed by atoms with Crippen molar-refractivity contribution in [3.05, 3.63) is 53.4 Å². The highest BCUT2D eigenvalue weighted by molar-refractivity contribution is 6.47. The summed E-state index contributed by atoms with van der Waals surface area (Å²) in [6, 6.07) is 2.25. The Kier molecular flexibility index (Phi) is 11.1. The van der Waals surface area contributed by atoms with Crippen LogP contribution in [0.4, 0.5) is 0 Å². The highest BCUT2D eigenvalue weighted by atomic mass is 35.5. The first-order valence-corrected chi connectivity index (χ1v) is 16.7. The van der Waals surface area contributed by atoms with Gasteiger partial charge in [-0.2, -0.15) is 0 Å². The Labute approximate surface area is 297 Å². The molecule has 0 N–H and O–H groups in total. The van der Waals surface area contributed by atoms with Gasteiger partial charge in [-0.15, -0.1) is 0 Å². The quantitative estimate of drug-likeness (QED) is 0.114. The first-order valence-electron chi connectivity index (χ1n) is 14.4. The number of hydrogen-bond donors (Lipinski definition) is 0. The maximum Gasteiger partial charge on any atom is 0.423 e. The molecule has 0 aliphatic heterocycles. The van der Waals surface area contributed by atoms with E-state index in [0.717, 1.165) is 25.0 Å². The summed E-state index contributed by atoms with van der Waals surface area (Å²) in [7, 11) is 0. The number of ether oxygens (including phenoxy) is 4. The van der Waals surface area contributed by atoms with Crippen molar-refractivity contribution in [2.45, 2.75) is 54.4 Å². The molecule has 6 unspecified atom stereocenters. The summed E-state index contributed by atoms with van der Waals surface area (Å²) < 4.78 is 21.5. The van der Waals surface area contributed by atoms with E-state index < -0.39 is 46.5 Å². The normalized spacial score (nSPS) is 26.8. The van der Waals surface area contributed by atoms with Crippen LogP contribution in [0.2, 0.25) is 30.1 Å². The Hall–Kier alpha value is -1.94. The standard InChI is InChI=1S/C32H32Cl6O8/c1-13-9-31(5,15(13)3)11-43-27(39)21-23(37)17(33)7-19(35)25(21)45-29(41)30(42)46-26-20(36)8-18(34)24(38)22(26)28(40)44-12-32(6)10-14(2)16(32)4/h7-8,13-16H,9-12H2,1-6H3. The molecule has 2 aliphatic carbocycles. The highest BCUT2D eigenvalue weighted by Gasteiger charge is 2.47. The second kappa shape index (κ2) is 13.9. The summed E-state index contributed by atoms with van der Waals surface area (Å²) in [6.07, 6.45) is 1.67. The molecule has 2 fully saturated rings. The van der Waals surface area contributed by atoms with Crippen molar-refractivity contribution in [3.8, 4) is 11.5 Å². The number of carbonyl (C=O) groups is 4. The summed E-state index contributed by atoms with van der Waals surface area (Å²) in [6.45, 7) is 12.4. The molecular weight excluding hydrogens is 725 g/mol. The molecule has 0 bridgehead atoms. The van der Waals surface area contributed by atoms with E-state index in [1.807, 2.05) is 13.8 Å². The third-order valence-electron chi connectivity index (χ3n) is 9.77. The average Bonchev–Trinajstić information content (AvgIpc) is 2.99. The van der Waals surface area contributed by atoms with Gasteiger partial charge in [0.25, 0.3) is 0 Å². The number of rotatable bonds is 8. The van der Waals surface area contributed by atoms with Crippen molar-refractivity contribution in [1.82, 2.24) is 0 Å². The van der Waals surface area contributed by atoms with E-state index in [1.54, 1.807) is 0 Å². The summed E-state index contributed by atoms with van der Waals surface area (Å²) >= 11 is 37.5. The minimum absolute atomic E-state index is 0.0546. The van der Waals surface area contributed by atoms with Crippen LogP contribution in [-0.2, 0) is 19.1 Å². The van der Waals surface area contributed by atoms with E-state index in [0.29, 0.717) is 11.8 Å². The van der Waals surface area contributed by atoms with Gasteiger partial charge in [0.1, 0.15) is 11.1 Å². The number of halogens is 6. The summed E-state index contributed by atoms with van der Waals surface area (Å²) in [5, 5.41) is -1.50. The lowest BCUT2D eigenvalue weighted by molar-refractivity contribution is -0.156. The molecule has 0 radical (unpaired) electrons. The molecule has 0 amide bonds. The van der Waals surface area contributed by atoms with Gasteiger partial charge < -0.3 is 18.9 Å². The molecule has 0 saturated heterocycles. The molecule has 250 valence electrons. The summed E-state index contributed by atoms with van der Waals surface area (Å²) in [4.78, 5) is 52.4. The zero-order valence-electron chi connectivity index (χ0n) is 25.8. The lowest BCUT2D eigenvalue weighted by atomic mass is 9.56. The molecule has 2 aromatic carbocycles. The largest absolute Gasteiger partial charge is 0.461 e. The molecule has 46 heavy (non-hydrogen) atoms. The van der Waals surface area contributed by atoms with Crippen LogP contribution in [0.5, 0.6) is 11.5 Å². The first-order chi connectivity index (χ1) is 21.3. The second-order valence-electron chi connectivity index (χ2n) is 12.9. The SMILES string of the molecule is CC1CC(C)(COC(=O)c2c(Cl)c(Cl)cc(Cl)c2OC(=O)C(=O)Oc2c(Cl)cc(Cl)c(Cl)c2C(=O)OCC2(C)CC(C)C2C)C1C. The van der Waals surface area contributed by atoms with E-state index in [1.165, 1.54) is 0 Å². The Morgan fingerprint density at radius 3 is 1.24 bits per heavy atom. The van der Waals surface area contributed by atoms with Crippen molar-refractivity contribution in [3.63, 3.8) is 0 Å². The van der Waals surface area contributed by atoms with Crippen LogP contribution in [0.3, 0.4) is 0 Å². The predicted octanol–water partition coefficient (Wildman–Crippen LogP) is 9.80. The van der Waals surface area contributed by atoms with E-state index in [9.17, 15) is 19.2 Å². The maximum absolute atomic E-state index is 13.2. The molecule has 0 heterocycles. The van der Waals surface area contributed by atoms with E-state index in [-0.39, 0.29) is 66.0 Å². The van der Waals surface area contributed by atoms with Crippen LogP contribution >= 0.6 is 69.6 Å². The molecule has 8 nitrogen and oxygen atoms in total. The average molecular weight is 757 g/mol. The number of hydrogen-bond acceptors (Lipinski definition) is 8. The van der Waals surface area contributed by atoms with Crippen molar-refractivity contribution in [1.29, 1.82) is 0 Å². The topological polar surface area (TPSA) is 105 Å². The van der Waals surface area contributed by atoms with E-state index >= 15 is 0 Å². The highest BCUT2D eigenvalue weighted by Crippen LogP contribution is 2.52. The van der Waals surface area contributed by atoms with Gasteiger partial charge in [0.15, 0.2) is 11.5 Å². The molecule has 6 atom stereocenters. The van der Waals surface area contributed by atoms with Crippen LogP contribution in [0, 0.1) is 34.5 Å². The molecule has 2 aromatic rings. The van der Waals surface area contributed by atoms with Gasteiger partial charge >= 0.3 is 23.9 Å². The zero-order valence-corrected chi connectivity index (χ0v) is 30.4. The number of benzene rings is 2. The van der Waals surface area contributed by atoms with Crippen molar-refractivity contribution >= 4 is 93.5 Å². The second-order valence-corrected chi connectivity index (χ2v) is 15.3. The van der Waals surface area contributed by atoms with Crippen molar-refractivity contribution < 1.29 is 38.1 Å². The molecule has 14 heteroatoms. The third-order valence-corrected chi connectivity index (χ3v) is 11.9. The van der Waals surface area contributed by atoms with Crippen LogP contribution < -0.4 is 9.47 Å². The van der Waals surface area contributed by atoms with Gasteiger partial charge in [-0.3, -0.25) is 0 Å². The maximum atomic E-state index is 13.2. The molecule has 2 aliphatic rings. The fourth-order valence-corrected chi connectivity index (χ4v) is 7.66. The Balaban J connectivity index is 1.55. The van der Waals surface area contributed by atoms with Gasteiger partial charge in [-0.1, -0.05) is 111 Å². The Bertz CT molecular complexity index is 1490. The van der Waals surface area contributed by atoms with Crippen LogP contribution in [0.25, 0.3) is 0 Å². The lowest BCUT2D eigenvalue weighted by Crippen LogP contribution is -2.46. The van der Waals surface area contributed by atoms with Crippen molar-refractivity contribution in [2.24, 2.45) is 34.5 Å². The van der Waals surface area contributed by atoms with E-state index in [4.69, 9.17) is 88.6 Å². The summed E-state index contributed by atoms with van der Waals surface area (Å²) in [5.41, 5.74) is -1.47. The third kappa shape index (κ3) is 7.08. The molecule has 2 saturated carbocycles. The zero-order chi connectivity index (χ0) is 34.5. The fourth-order valence-electron chi connectivity index (χ4n) is 6.23. The van der Waals surface area contributed by atoms with Crippen LogP contribution in [-0.4, -0.2) is 37.1 Å². The van der Waals surface area contributed by atoms with Gasteiger partial charge in [0.2, 0.25) is 0 Å². The molecule has 0 spiro atoms. The first kappa shape index (κ1) is 36.9. The van der Waals surface area contributed by atoms with Crippen molar-refractivity contribution in [2.75, 3.05) is 13.2 Å². The van der Waals surface area contributed by atoms with E-state index in [2.05, 4.69) is 27.7 Å². The van der Waals surface area contributed by atoms with Gasteiger partial charge in [0.05, 0.1) is 43.3 Å². The smallest absolute Gasteiger partial charge is 0.423 e. The Morgan fingerprint density at radius 2 is 0.957 bits per heavy atom. The molecule has 4 rings (SSSR count). The monoisotopic (exact) mass is 754 g/mol. The van der Waals surface area contributed by atoms with Crippen LogP contribution in [0.1, 0.15) is 75.1 Å².